The monoisotopic (exact) mass is 299 g/mol. The van der Waals surface area contributed by atoms with Crippen LogP contribution in [0.25, 0.3) is 0 Å². The number of hydrogen-bond acceptors (Lipinski definition) is 1. The minimum absolute atomic E-state index is 0.0630. The first kappa shape index (κ1) is 11.7. The molecule has 84 valence electrons. The summed E-state index contributed by atoms with van der Waals surface area (Å²) in [5.74, 6) is 0.135. The van der Waals surface area contributed by atoms with E-state index in [2.05, 4.69) is 21.2 Å². The fourth-order valence-electron chi connectivity index (χ4n) is 1.66. The fourth-order valence-corrected chi connectivity index (χ4v) is 2.44. The molecule has 16 heavy (non-hydrogen) atoms. The van der Waals surface area contributed by atoms with Crippen LogP contribution in [0, 0.1) is 5.92 Å². The summed E-state index contributed by atoms with van der Waals surface area (Å²) >= 11 is 9.20. The maximum atomic E-state index is 11.8. The van der Waals surface area contributed by atoms with E-state index in [0.29, 0.717) is 5.02 Å². The van der Waals surface area contributed by atoms with Gasteiger partial charge in [0.2, 0.25) is 5.91 Å². The third-order valence-electron chi connectivity index (χ3n) is 2.57. The van der Waals surface area contributed by atoms with E-state index < -0.39 is 0 Å². The molecule has 0 spiro atoms. The van der Waals surface area contributed by atoms with Crippen LogP contribution < -0.4 is 5.32 Å². The molecular weight excluding hydrogens is 289 g/mol. The smallest absolute Gasteiger partial charge is 0.228 e. The fraction of sp³-hybridized carbons (Fsp3) is 0.250. The summed E-state index contributed by atoms with van der Waals surface area (Å²) in [5, 5.41) is 3.54. The van der Waals surface area contributed by atoms with Crippen molar-refractivity contribution in [1.29, 1.82) is 0 Å². The summed E-state index contributed by atoms with van der Waals surface area (Å²) < 4.78 is 0.805. The van der Waals surface area contributed by atoms with Crippen molar-refractivity contribution in [2.75, 3.05) is 5.32 Å². The topological polar surface area (TPSA) is 29.1 Å². The van der Waals surface area contributed by atoms with Crippen LogP contribution in [0.5, 0.6) is 0 Å². The molecule has 1 aliphatic rings. The summed E-state index contributed by atoms with van der Waals surface area (Å²) in [6.07, 6.45) is 5.75. The highest BCUT2D eigenvalue weighted by Gasteiger charge is 2.19. The Bertz CT molecular complexity index is 437. The Labute approximate surface area is 108 Å². The first-order valence-corrected chi connectivity index (χ1v) is 6.25. The molecule has 1 N–H and O–H groups in total. The lowest BCUT2D eigenvalue weighted by atomic mass is 10.1. The van der Waals surface area contributed by atoms with E-state index in [1.807, 2.05) is 12.2 Å². The summed E-state index contributed by atoms with van der Waals surface area (Å²) in [6, 6.07) is 5.32. The average molecular weight is 301 g/mol. The molecule has 0 bridgehead atoms. The van der Waals surface area contributed by atoms with Gasteiger partial charge in [-0.15, -0.1) is 0 Å². The molecule has 0 saturated heterocycles. The molecule has 1 aromatic rings. The van der Waals surface area contributed by atoms with Gasteiger partial charge >= 0.3 is 0 Å². The minimum Gasteiger partial charge on any atom is -0.325 e. The number of rotatable bonds is 2. The highest BCUT2D eigenvalue weighted by Crippen LogP contribution is 2.27. The van der Waals surface area contributed by atoms with Crippen molar-refractivity contribution < 1.29 is 4.79 Å². The molecule has 0 heterocycles. The summed E-state index contributed by atoms with van der Waals surface area (Å²) in [5.41, 5.74) is 0.765. The van der Waals surface area contributed by atoms with Gasteiger partial charge in [0, 0.05) is 15.4 Å². The van der Waals surface area contributed by atoms with Crippen LogP contribution in [0.15, 0.2) is 34.8 Å². The lowest BCUT2D eigenvalue weighted by Crippen LogP contribution is -2.20. The van der Waals surface area contributed by atoms with Crippen LogP contribution in [0.4, 0.5) is 5.69 Å². The van der Waals surface area contributed by atoms with Gasteiger partial charge in [-0.1, -0.05) is 23.8 Å². The van der Waals surface area contributed by atoms with Crippen molar-refractivity contribution >= 4 is 39.1 Å². The normalized spacial score (nSPS) is 15.4. The highest BCUT2D eigenvalue weighted by molar-refractivity contribution is 9.10. The average Bonchev–Trinajstić information content (AvgIpc) is 2.75. The largest absolute Gasteiger partial charge is 0.325 e. The highest BCUT2D eigenvalue weighted by atomic mass is 79.9. The second kappa shape index (κ2) is 5.02. The van der Waals surface area contributed by atoms with Gasteiger partial charge in [-0.05, 0) is 47.0 Å². The first-order chi connectivity index (χ1) is 7.66. The van der Waals surface area contributed by atoms with Gasteiger partial charge in [0.1, 0.15) is 0 Å². The molecule has 0 radical (unpaired) electrons. The van der Waals surface area contributed by atoms with Crippen molar-refractivity contribution in [2.45, 2.75) is 12.8 Å². The molecule has 0 aromatic heterocycles. The summed E-state index contributed by atoms with van der Waals surface area (Å²) in [7, 11) is 0. The Morgan fingerprint density at radius 1 is 1.38 bits per heavy atom. The van der Waals surface area contributed by atoms with Crippen molar-refractivity contribution in [1.82, 2.24) is 0 Å². The summed E-state index contributed by atoms with van der Waals surface area (Å²) in [6.45, 7) is 0. The van der Waals surface area contributed by atoms with E-state index in [1.54, 1.807) is 18.2 Å². The molecule has 0 unspecified atom stereocenters. The van der Waals surface area contributed by atoms with Gasteiger partial charge in [-0.25, -0.2) is 0 Å². The Morgan fingerprint density at radius 2 is 2.06 bits per heavy atom. The Balaban J connectivity index is 2.06. The lowest BCUT2D eigenvalue weighted by molar-refractivity contribution is -0.119. The molecule has 4 heteroatoms. The Kier molecular flexibility index (Phi) is 3.66. The lowest BCUT2D eigenvalue weighted by Gasteiger charge is -2.11. The van der Waals surface area contributed by atoms with E-state index >= 15 is 0 Å². The number of halogens is 2. The van der Waals surface area contributed by atoms with Crippen LogP contribution >= 0.6 is 27.5 Å². The Morgan fingerprint density at radius 3 is 2.69 bits per heavy atom. The van der Waals surface area contributed by atoms with Crippen molar-refractivity contribution in [3.05, 3.63) is 39.8 Å². The van der Waals surface area contributed by atoms with Gasteiger partial charge in [0.05, 0.1) is 5.69 Å². The molecule has 2 nitrogen and oxygen atoms in total. The maximum absolute atomic E-state index is 11.8. The predicted octanol–water partition coefficient (Wildman–Crippen LogP) is 4.01. The number of anilines is 1. The third-order valence-corrected chi connectivity index (χ3v) is 3.46. The van der Waals surface area contributed by atoms with E-state index in [0.717, 1.165) is 23.0 Å². The standard InChI is InChI=1S/C12H11BrClNO/c13-10-7-9(14)5-6-11(10)15-12(16)8-3-1-2-4-8/h1-2,5-8H,3-4H2,(H,15,16). The van der Waals surface area contributed by atoms with E-state index in [-0.39, 0.29) is 11.8 Å². The molecule has 0 atom stereocenters. The number of benzene rings is 1. The van der Waals surface area contributed by atoms with Crippen LogP contribution in [-0.4, -0.2) is 5.91 Å². The van der Waals surface area contributed by atoms with Gasteiger partial charge in [-0.2, -0.15) is 0 Å². The van der Waals surface area contributed by atoms with Crippen LogP contribution in [-0.2, 0) is 4.79 Å². The van der Waals surface area contributed by atoms with E-state index in [4.69, 9.17) is 11.6 Å². The number of nitrogens with one attached hydrogen (secondary N) is 1. The van der Waals surface area contributed by atoms with Gasteiger partial charge < -0.3 is 5.32 Å². The van der Waals surface area contributed by atoms with E-state index in [9.17, 15) is 4.79 Å². The first-order valence-electron chi connectivity index (χ1n) is 5.08. The van der Waals surface area contributed by atoms with Gasteiger partial charge in [-0.3, -0.25) is 4.79 Å². The minimum atomic E-state index is 0.0630. The quantitative estimate of drug-likeness (QED) is 0.822. The molecular formula is C12H11BrClNO. The van der Waals surface area contributed by atoms with Crippen LogP contribution in [0.3, 0.4) is 0 Å². The molecule has 2 rings (SSSR count). The molecule has 1 aliphatic carbocycles. The molecule has 0 aliphatic heterocycles. The molecule has 1 amide bonds. The molecule has 0 saturated carbocycles. The number of allylic oxidation sites excluding steroid dienone is 2. The van der Waals surface area contributed by atoms with Gasteiger partial charge in [0.15, 0.2) is 0 Å². The van der Waals surface area contributed by atoms with Crippen molar-refractivity contribution in [3.8, 4) is 0 Å². The zero-order valence-corrected chi connectivity index (χ0v) is 10.9. The van der Waals surface area contributed by atoms with E-state index in [1.165, 1.54) is 0 Å². The third kappa shape index (κ3) is 2.66. The second-order valence-corrected chi connectivity index (χ2v) is 5.04. The number of carbonyl (C=O) groups excluding carboxylic acids is 1. The van der Waals surface area contributed by atoms with Crippen LogP contribution in [0.2, 0.25) is 5.02 Å². The summed E-state index contributed by atoms with van der Waals surface area (Å²) in [4.78, 5) is 11.8. The number of amides is 1. The predicted molar refractivity (Wildman–Crippen MR) is 69.6 cm³/mol. The zero-order chi connectivity index (χ0) is 11.5. The van der Waals surface area contributed by atoms with Crippen LogP contribution in [0.1, 0.15) is 12.8 Å². The zero-order valence-electron chi connectivity index (χ0n) is 8.54. The second-order valence-electron chi connectivity index (χ2n) is 3.75. The van der Waals surface area contributed by atoms with Crippen molar-refractivity contribution in [3.63, 3.8) is 0 Å². The molecule has 0 fully saturated rings. The SMILES string of the molecule is O=C(Nc1ccc(Cl)cc1Br)C1CC=CC1. The number of carbonyl (C=O) groups is 1. The molecule has 1 aromatic carbocycles. The maximum Gasteiger partial charge on any atom is 0.228 e. The van der Waals surface area contributed by atoms with Crippen molar-refractivity contribution in [2.24, 2.45) is 5.92 Å². The number of hydrogen-bond donors (Lipinski definition) is 1. The van der Waals surface area contributed by atoms with Gasteiger partial charge in [0.25, 0.3) is 0 Å². The Hall–Kier alpha value is -0.800.